The molecule has 30 heavy (non-hydrogen) atoms. The van der Waals surface area contributed by atoms with Crippen molar-refractivity contribution in [3.05, 3.63) is 70.8 Å². The van der Waals surface area contributed by atoms with Gasteiger partial charge in [0.15, 0.2) is 5.96 Å². The van der Waals surface area contributed by atoms with Crippen LogP contribution in [0.5, 0.6) is 0 Å². The monoisotopic (exact) mass is 522 g/mol. The molecule has 2 aromatic carbocycles. The summed E-state index contributed by atoms with van der Waals surface area (Å²) in [6.45, 7) is 5.96. The number of nitrogens with one attached hydrogen (secondary N) is 2. The zero-order valence-corrected chi connectivity index (χ0v) is 21.1. The highest BCUT2D eigenvalue weighted by atomic mass is 127. The maximum atomic E-state index is 11.9. The fourth-order valence-corrected chi connectivity index (χ4v) is 3.00. The quantitative estimate of drug-likeness (QED) is 0.234. The number of hydrogen-bond donors (Lipinski definition) is 2. The molecule has 2 N–H and O–H groups in total. The molecule has 0 bridgehead atoms. The second kappa shape index (κ2) is 13.3. The predicted octanol–water partition coefficient (Wildman–Crippen LogP) is 4.43. The number of guanidine groups is 1. The molecular formula is C24H35IN4O. The predicted molar refractivity (Wildman–Crippen MR) is 137 cm³/mol. The lowest BCUT2D eigenvalue weighted by Crippen LogP contribution is -2.37. The molecule has 0 radical (unpaired) electrons. The molecule has 5 nitrogen and oxygen atoms in total. The standard InChI is InChI=1S/C24H34N4O.HI/c1-18(2)21-12-8-19(9-13-21)7-6-16-26-24(25-3)27-17-20-10-14-22(15-11-20)23(29)28(4)5;/h8-15,18H,6-7,16-17H2,1-5H3,(H2,25,26,27);1H. The summed E-state index contributed by atoms with van der Waals surface area (Å²) in [5.41, 5.74) is 4.55. The highest BCUT2D eigenvalue weighted by Crippen LogP contribution is 2.15. The molecule has 2 aromatic rings. The molecule has 0 aliphatic carbocycles. The van der Waals surface area contributed by atoms with E-state index in [1.165, 1.54) is 11.1 Å². The van der Waals surface area contributed by atoms with Gasteiger partial charge in [-0.1, -0.05) is 50.2 Å². The molecule has 0 spiro atoms. The third kappa shape index (κ3) is 8.34. The Morgan fingerprint density at radius 2 is 1.57 bits per heavy atom. The number of rotatable bonds is 8. The van der Waals surface area contributed by atoms with Gasteiger partial charge in [-0.25, -0.2) is 0 Å². The van der Waals surface area contributed by atoms with Gasteiger partial charge < -0.3 is 15.5 Å². The summed E-state index contributed by atoms with van der Waals surface area (Å²) in [5.74, 6) is 1.37. The van der Waals surface area contributed by atoms with Crippen LogP contribution in [0.3, 0.4) is 0 Å². The van der Waals surface area contributed by atoms with E-state index >= 15 is 0 Å². The van der Waals surface area contributed by atoms with Crippen molar-refractivity contribution in [2.45, 2.75) is 39.2 Å². The average Bonchev–Trinajstić information content (AvgIpc) is 2.73. The lowest BCUT2D eigenvalue weighted by Gasteiger charge is -2.13. The Balaban J connectivity index is 0.00000450. The van der Waals surface area contributed by atoms with Crippen LogP contribution >= 0.6 is 24.0 Å². The summed E-state index contributed by atoms with van der Waals surface area (Å²) in [6, 6.07) is 16.6. The number of aliphatic imine (C=N–C) groups is 1. The smallest absolute Gasteiger partial charge is 0.253 e. The molecule has 164 valence electrons. The Hall–Kier alpha value is -2.09. The van der Waals surface area contributed by atoms with Gasteiger partial charge >= 0.3 is 0 Å². The molecule has 0 heterocycles. The third-order valence-corrected chi connectivity index (χ3v) is 4.87. The third-order valence-electron chi connectivity index (χ3n) is 4.87. The maximum absolute atomic E-state index is 11.9. The topological polar surface area (TPSA) is 56.7 Å². The van der Waals surface area contributed by atoms with E-state index in [-0.39, 0.29) is 29.9 Å². The highest BCUT2D eigenvalue weighted by molar-refractivity contribution is 14.0. The minimum Gasteiger partial charge on any atom is -0.356 e. The fraction of sp³-hybridized carbons (Fsp3) is 0.417. The average molecular weight is 522 g/mol. The van der Waals surface area contributed by atoms with E-state index in [0.29, 0.717) is 18.0 Å². The number of carbonyl (C=O) groups is 1. The molecule has 2 rings (SSSR count). The van der Waals surface area contributed by atoms with E-state index in [1.807, 2.05) is 24.3 Å². The lowest BCUT2D eigenvalue weighted by atomic mass is 10.0. The van der Waals surface area contributed by atoms with E-state index < -0.39 is 0 Å². The van der Waals surface area contributed by atoms with Gasteiger partial charge in [0.25, 0.3) is 5.91 Å². The number of carbonyl (C=O) groups excluding carboxylic acids is 1. The first-order valence-electron chi connectivity index (χ1n) is 10.2. The number of benzene rings is 2. The van der Waals surface area contributed by atoms with E-state index in [2.05, 4.69) is 53.7 Å². The van der Waals surface area contributed by atoms with Crippen molar-refractivity contribution >= 4 is 35.8 Å². The normalized spacial score (nSPS) is 11.1. The van der Waals surface area contributed by atoms with Gasteiger partial charge in [-0.3, -0.25) is 9.79 Å². The SMILES string of the molecule is CN=C(NCCCc1ccc(C(C)C)cc1)NCc1ccc(C(=O)N(C)C)cc1.I. The van der Waals surface area contributed by atoms with Crippen molar-refractivity contribution < 1.29 is 4.79 Å². The van der Waals surface area contributed by atoms with Crippen molar-refractivity contribution in [1.82, 2.24) is 15.5 Å². The molecule has 0 atom stereocenters. The van der Waals surface area contributed by atoms with E-state index in [1.54, 1.807) is 26.0 Å². The van der Waals surface area contributed by atoms with Crippen LogP contribution in [0.2, 0.25) is 0 Å². The summed E-state index contributed by atoms with van der Waals surface area (Å²) in [7, 11) is 5.29. The van der Waals surface area contributed by atoms with E-state index in [4.69, 9.17) is 0 Å². The highest BCUT2D eigenvalue weighted by Gasteiger charge is 2.07. The van der Waals surface area contributed by atoms with Gasteiger partial charge in [0, 0.05) is 39.8 Å². The molecule has 6 heteroatoms. The minimum atomic E-state index is 0. The minimum absolute atomic E-state index is 0. The molecular weight excluding hydrogens is 487 g/mol. The molecule has 0 saturated heterocycles. The summed E-state index contributed by atoms with van der Waals surface area (Å²) in [6.07, 6.45) is 2.09. The summed E-state index contributed by atoms with van der Waals surface area (Å²) in [4.78, 5) is 17.8. The van der Waals surface area contributed by atoms with E-state index in [9.17, 15) is 4.79 Å². The van der Waals surface area contributed by atoms with Crippen LogP contribution in [-0.2, 0) is 13.0 Å². The van der Waals surface area contributed by atoms with Gasteiger partial charge in [-0.2, -0.15) is 0 Å². The summed E-state index contributed by atoms with van der Waals surface area (Å²) < 4.78 is 0. The molecule has 1 amide bonds. The second-order valence-electron chi connectivity index (χ2n) is 7.75. The number of nitrogens with zero attached hydrogens (tertiary/aromatic N) is 2. The van der Waals surface area contributed by atoms with Crippen LogP contribution in [0.25, 0.3) is 0 Å². The van der Waals surface area contributed by atoms with Crippen LogP contribution in [0, 0.1) is 0 Å². The Bertz CT molecular complexity index is 799. The van der Waals surface area contributed by atoms with Gasteiger partial charge in [0.2, 0.25) is 0 Å². The maximum Gasteiger partial charge on any atom is 0.253 e. The summed E-state index contributed by atoms with van der Waals surface area (Å²) >= 11 is 0. The van der Waals surface area contributed by atoms with Crippen molar-refractivity contribution in [3.8, 4) is 0 Å². The van der Waals surface area contributed by atoms with Crippen LogP contribution < -0.4 is 10.6 Å². The zero-order chi connectivity index (χ0) is 21.2. The van der Waals surface area contributed by atoms with Crippen LogP contribution in [0.1, 0.15) is 53.2 Å². The Morgan fingerprint density at radius 1 is 0.967 bits per heavy atom. The molecule has 0 saturated carbocycles. The zero-order valence-electron chi connectivity index (χ0n) is 18.7. The number of amides is 1. The first kappa shape index (κ1) is 25.9. The molecule has 0 unspecified atom stereocenters. The van der Waals surface area contributed by atoms with Crippen LogP contribution in [0.15, 0.2) is 53.5 Å². The number of halogens is 1. The van der Waals surface area contributed by atoms with Crippen LogP contribution in [-0.4, -0.2) is 44.5 Å². The largest absolute Gasteiger partial charge is 0.356 e. The number of aryl methyl sites for hydroxylation is 1. The van der Waals surface area contributed by atoms with Gasteiger partial charge in [-0.15, -0.1) is 24.0 Å². The Morgan fingerprint density at radius 3 is 2.10 bits per heavy atom. The van der Waals surface area contributed by atoms with Gasteiger partial charge in [-0.05, 0) is 47.6 Å². The van der Waals surface area contributed by atoms with Gasteiger partial charge in [0.05, 0.1) is 0 Å². The number of hydrogen-bond acceptors (Lipinski definition) is 2. The van der Waals surface area contributed by atoms with Crippen molar-refractivity contribution in [2.75, 3.05) is 27.7 Å². The van der Waals surface area contributed by atoms with Gasteiger partial charge in [0.1, 0.15) is 0 Å². The molecule has 0 aliphatic heterocycles. The first-order valence-corrected chi connectivity index (χ1v) is 10.2. The Labute approximate surface area is 198 Å². The summed E-state index contributed by atoms with van der Waals surface area (Å²) in [5, 5.41) is 6.68. The fourth-order valence-electron chi connectivity index (χ4n) is 3.00. The molecule has 0 aliphatic rings. The first-order chi connectivity index (χ1) is 13.9. The Kier molecular flexibility index (Phi) is 11.5. The molecule has 0 fully saturated rings. The van der Waals surface area contributed by atoms with E-state index in [0.717, 1.165) is 30.9 Å². The van der Waals surface area contributed by atoms with Crippen LogP contribution in [0.4, 0.5) is 0 Å². The second-order valence-corrected chi connectivity index (χ2v) is 7.75. The molecule has 0 aromatic heterocycles. The van der Waals surface area contributed by atoms with Crippen molar-refractivity contribution in [3.63, 3.8) is 0 Å². The van der Waals surface area contributed by atoms with Crippen molar-refractivity contribution in [1.29, 1.82) is 0 Å². The lowest BCUT2D eigenvalue weighted by molar-refractivity contribution is 0.0827. The van der Waals surface area contributed by atoms with Crippen molar-refractivity contribution in [2.24, 2.45) is 4.99 Å².